The molecule has 238 valence electrons. The molecule has 1 saturated heterocycles. The van der Waals surface area contributed by atoms with Crippen molar-refractivity contribution < 1.29 is 37.0 Å². The summed E-state index contributed by atoms with van der Waals surface area (Å²) in [4.78, 5) is 43.2. The number of alkyl halides is 2. The summed E-state index contributed by atoms with van der Waals surface area (Å²) in [5.41, 5.74) is 10.3. The highest BCUT2D eigenvalue weighted by Gasteiger charge is 2.46. The molecule has 1 aromatic heterocycles. The van der Waals surface area contributed by atoms with Crippen LogP contribution in [0.4, 0.5) is 29.3 Å². The lowest BCUT2D eigenvalue weighted by atomic mass is 10.1. The number of ether oxygens (including phenoxy) is 2. The number of aryl methyl sites for hydroxylation is 1. The molecular formula is C32H29F3N6O5. The van der Waals surface area contributed by atoms with Crippen LogP contribution in [-0.2, 0) is 4.79 Å². The van der Waals surface area contributed by atoms with Crippen molar-refractivity contribution in [2.45, 2.75) is 32.7 Å². The fourth-order valence-corrected chi connectivity index (χ4v) is 5.27. The van der Waals surface area contributed by atoms with E-state index < -0.39 is 42.1 Å². The lowest BCUT2D eigenvalue weighted by Gasteiger charge is -2.21. The molecule has 1 fully saturated rings. The van der Waals surface area contributed by atoms with E-state index in [1.54, 1.807) is 42.3 Å². The molecule has 0 unspecified atom stereocenters. The van der Waals surface area contributed by atoms with E-state index >= 15 is 0 Å². The lowest BCUT2D eigenvalue weighted by molar-refractivity contribution is -0.121. The molecule has 11 nitrogen and oxygen atoms in total. The number of para-hydroxylation sites is 1. The number of rotatable bonds is 9. The van der Waals surface area contributed by atoms with Gasteiger partial charge in [-0.25, -0.2) is 28.3 Å². The van der Waals surface area contributed by atoms with Gasteiger partial charge in [-0.05, 0) is 74.9 Å². The zero-order valence-corrected chi connectivity index (χ0v) is 24.9. The number of H-pyrrole nitrogens is 1. The summed E-state index contributed by atoms with van der Waals surface area (Å²) in [5, 5.41) is 4.52. The van der Waals surface area contributed by atoms with E-state index in [1.165, 1.54) is 44.2 Å². The molecule has 14 heteroatoms. The maximum atomic E-state index is 14.1. The van der Waals surface area contributed by atoms with E-state index in [4.69, 9.17) is 15.2 Å². The summed E-state index contributed by atoms with van der Waals surface area (Å²) in [5.74, 6) is -0.982. The fourth-order valence-electron chi connectivity index (χ4n) is 5.27. The molecule has 4 aromatic rings. The minimum absolute atomic E-state index is 0.0488. The van der Waals surface area contributed by atoms with Gasteiger partial charge in [-0.1, -0.05) is 12.1 Å². The number of amides is 3. The van der Waals surface area contributed by atoms with Crippen molar-refractivity contribution in [2.24, 2.45) is 5.73 Å². The van der Waals surface area contributed by atoms with Gasteiger partial charge < -0.3 is 25.5 Å². The number of carbonyl (C=O) groups is 3. The number of hydrogen-bond acceptors (Lipinski definition) is 8. The number of imide groups is 1. The van der Waals surface area contributed by atoms with Gasteiger partial charge in [-0.2, -0.15) is 0 Å². The van der Waals surface area contributed by atoms with E-state index in [2.05, 4.69) is 15.7 Å². The van der Waals surface area contributed by atoms with Gasteiger partial charge in [0.2, 0.25) is 5.78 Å². The molecule has 3 heterocycles. The number of aromatic nitrogens is 1. The number of halogens is 3. The van der Waals surface area contributed by atoms with E-state index in [0.717, 1.165) is 4.90 Å². The maximum Gasteiger partial charge on any atom is 0.329 e. The van der Waals surface area contributed by atoms with Crippen molar-refractivity contribution >= 4 is 40.0 Å². The largest absolute Gasteiger partial charge is 0.485 e. The predicted octanol–water partition coefficient (Wildman–Crippen LogP) is 5.26. The Balaban J connectivity index is 1.29. The topological polar surface area (TPSA) is 142 Å². The molecule has 0 saturated carbocycles. The Kier molecular flexibility index (Phi) is 7.60. The molecule has 3 amide bonds. The van der Waals surface area contributed by atoms with Crippen LogP contribution in [0.2, 0.25) is 0 Å². The van der Waals surface area contributed by atoms with Gasteiger partial charge in [0, 0.05) is 17.4 Å². The molecule has 6 rings (SSSR count). The van der Waals surface area contributed by atoms with Crippen LogP contribution in [-0.4, -0.2) is 47.8 Å². The Hall–Kier alpha value is -5.50. The van der Waals surface area contributed by atoms with Gasteiger partial charge in [-0.3, -0.25) is 14.6 Å². The van der Waals surface area contributed by atoms with Crippen molar-refractivity contribution in [3.63, 3.8) is 0 Å². The Bertz CT molecular complexity index is 1940. The second-order valence-corrected chi connectivity index (χ2v) is 11.3. The van der Waals surface area contributed by atoms with E-state index in [-0.39, 0.29) is 40.8 Å². The number of anilines is 2. The SMILES string of the molecule is Cc1cc(N2NCC(C(=O)c3cc4cc(OCC(F)F)c(N5C(=O)NC(C)(C)C5=O)cc4[nH]3)=C2N)ccc1Oc1ccccc1F. The highest BCUT2D eigenvalue weighted by molar-refractivity contribution is 6.24. The molecule has 2 aliphatic rings. The molecule has 46 heavy (non-hydrogen) atoms. The number of hydrogen-bond donors (Lipinski definition) is 4. The minimum atomic E-state index is -2.81. The van der Waals surface area contributed by atoms with Crippen molar-refractivity contribution in [1.29, 1.82) is 0 Å². The van der Waals surface area contributed by atoms with Gasteiger partial charge in [0.05, 0.1) is 22.6 Å². The number of hydrazine groups is 1. The zero-order valence-electron chi connectivity index (χ0n) is 24.9. The molecule has 0 radical (unpaired) electrons. The van der Waals surface area contributed by atoms with Crippen LogP contribution >= 0.6 is 0 Å². The molecule has 0 atom stereocenters. The molecule has 0 bridgehead atoms. The van der Waals surface area contributed by atoms with E-state index in [1.807, 2.05) is 0 Å². The van der Waals surface area contributed by atoms with Crippen molar-refractivity contribution in [3.05, 3.63) is 89.1 Å². The highest BCUT2D eigenvalue weighted by Crippen LogP contribution is 2.38. The van der Waals surface area contributed by atoms with Gasteiger partial charge in [0.25, 0.3) is 12.3 Å². The van der Waals surface area contributed by atoms with Crippen LogP contribution in [0.1, 0.15) is 29.9 Å². The quantitative estimate of drug-likeness (QED) is 0.144. The molecular weight excluding hydrogens is 605 g/mol. The predicted molar refractivity (Wildman–Crippen MR) is 164 cm³/mol. The standard InChI is InChI=1S/C32H29F3N6O5/c1-16-10-18(8-9-24(16)46-25-7-5-4-6-20(25)33)41-29(36)19(14-37-41)28(42)22-11-17-12-26(45-15-27(34)35)23(13-21(17)38-22)40-30(43)32(2,3)39-31(40)44/h4-13,27,37-38H,14-15,36H2,1-3H3,(H,39,44). The van der Waals surface area contributed by atoms with Crippen LogP contribution in [0.15, 0.2) is 72.1 Å². The van der Waals surface area contributed by atoms with Crippen molar-refractivity contribution in [1.82, 2.24) is 15.7 Å². The van der Waals surface area contributed by atoms with E-state index in [9.17, 15) is 27.6 Å². The first kappa shape index (κ1) is 30.5. The number of aromatic amines is 1. The first-order valence-electron chi connectivity index (χ1n) is 14.2. The van der Waals surface area contributed by atoms with Crippen LogP contribution in [0.5, 0.6) is 17.2 Å². The summed E-state index contributed by atoms with van der Waals surface area (Å²) in [6.45, 7) is 3.95. The van der Waals surface area contributed by atoms with Gasteiger partial charge in [-0.15, -0.1) is 0 Å². The number of ketones is 1. The molecule has 2 aliphatic heterocycles. The van der Waals surface area contributed by atoms with Crippen molar-refractivity contribution in [2.75, 3.05) is 23.1 Å². The minimum Gasteiger partial charge on any atom is -0.485 e. The van der Waals surface area contributed by atoms with Crippen LogP contribution < -0.4 is 35.9 Å². The third kappa shape index (κ3) is 5.47. The number of carbonyl (C=O) groups excluding carboxylic acids is 3. The first-order chi connectivity index (χ1) is 21.8. The van der Waals surface area contributed by atoms with E-state index in [0.29, 0.717) is 27.9 Å². The number of Topliss-reactive ketones (excluding diaryl/α,β-unsaturated/α-hetero) is 1. The summed E-state index contributed by atoms with van der Waals surface area (Å²) in [7, 11) is 0. The second kappa shape index (κ2) is 11.5. The Labute approximate surface area is 260 Å². The average molecular weight is 635 g/mol. The summed E-state index contributed by atoms with van der Waals surface area (Å²) < 4.78 is 51.2. The fraction of sp³-hybridized carbons (Fsp3) is 0.219. The van der Waals surface area contributed by atoms with Crippen molar-refractivity contribution in [3.8, 4) is 17.2 Å². The van der Waals surface area contributed by atoms with Gasteiger partial charge in [0.15, 0.2) is 11.6 Å². The number of fused-ring (bicyclic) bond motifs is 1. The number of nitrogens with zero attached hydrogens (tertiary/aromatic N) is 2. The number of benzene rings is 3. The van der Waals surface area contributed by atoms with Crippen LogP contribution in [0.25, 0.3) is 10.9 Å². The Morgan fingerprint density at radius 3 is 2.48 bits per heavy atom. The highest BCUT2D eigenvalue weighted by atomic mass is 19.3. The smallest absolute Gasteiger partial charge is 0.329 e. The first-order valence-corrected chi connectivity index (χ1v) is 14.2. The van der Waals surface area contributed by atoms with Crippen LogP contribution in [0, 0.1) is 12.7 Å². The summed E-state index contributed by atoms with van der Waals surface area (Å²) >= 11 is 0. The molecule has 3 aromatic carbocycles. The van der Waals surface area contributed by atoms with Gasteiger partial charge in [0.1, 0.15) is 29.5 Å². The molecule has 0 spiro atoms. The Morgan fingerprint density at radius 2 is 1.80 bits per heavy atom. The number of nitrogens with one attached hydrogen (secondary N) is 3. The molecule has 0 aliphatic carbocycles. The van der Waals surface area contributed by atoms with Crippen LogP contribution in [0.3, 0.4) is 0 Å². The average Bonchev–Trinajstić information content (AvgIpc) is 3.65. The summed E-state index contributed by atoms with van der Waals surface area (Å²) in [6, 6.07) is 14.8. The number of nitrogens with two attached hydrogens (primary N) is 1. The second-order valence-electron chi connectivity index (χ2n) is 11.3. The lowest BCUT2D eigenvalue weighted by Crippen LogP contribution is -2.40. The molecule has 5 N–H and O–H groups in total. The number of urea groups is 1. The third-order valence-electron chi connectivity index (χ3n) is 7.62. The monoisotopic (exact) mass is 634 g/mol. The third-order valence-corrected chi connectivity index (χ3v) is 7.62. The summed E-state index contributed by atoms with van der Waals surface area (Å²) in [6.07, 6.45) is -2.81. The maximum absolute atomic E-state index is 14.1. The van der Waals surface area contributed by atoms with Gasteiger partial charge >= 0.3 is 6.03 Å². The zero-order chi connectivity index (χ0) is 32.9. The normalized spacial score (nSPS) is 16.2. The Morgan fingerprint density at radius 1 is 1.04 bits per heavy atom.